The molecule has 0 fully saturated rings. The minimum absolute atomic E-state index is 0.233. The van der Waals surface area contributed by atoms with Gasteiger partial charge in [0.25, 0.3) is 0 Å². The van der Waals surface area contributed by atoms with E-state index < -0.39 is 0 Å². The summed E-state index contributed by atoms with van der Waals surface area (Å²) in [4.78, 5) is 4.63. The predicted octanol–water partition coefficient (Wildman–Crippen LogP) is 5.23. The molecule has 5 nitrogen and oxygen atoms in total. The minimum atomic E-state index is 0.233. The lowest BCUT2D eigenvalue weighted by Crippen LogP contribution is -2.06. The number of hydrogen-bond donors (Lipinski definition) is 1. The van der Waals surface area contributed by atoms with Crippen LogP contribution in [-0.4, -0.2) is 19.2 Å². The van der Waals surface area contributed by atoms with E-state index in [9.17, 15) is 5.26 Å². The van der Waals surface area contributed by atoms with Gasteiger partial charge >= 0.3 is 0 Å². The maximum Gasteiger partial charge on any atom is 0.161 e. The van der Waals surface area contributed by atoms with Crippen LogP contribution in [0.25, 0.3) is 22.4 Å². The topological polar surface area (TPSA) is 81.2 Å². The van der Waals surface area contributed by atoms with E-state index in [-0.39, 0.29) is 5.82 Å². The van der Waals surface area contributed by atoms with Gasteiger partial charge < -0.3 is 15.2 Å². The Kier molecular flexibility index (Phi) is 6.36. The number of nitriles is 1. The molecule has 1 heterocycles. The number of nitrogens with two attached hydrogens (primary N) is 1. The molecule has 0 spiro atoms. The van der Waals surface area contributed by atoms with Gasteiger partial charge in [0.1, 0.15) is 17.5 Å². The molecular formula is C24H25N3O2. The van der Waals surface area contributed by atoms with Crippen LogP contribution in [0, 0.1) is 11.3 Å². The zero-order chi connectivity index (χ0) is 20.8. The first-order chi connectivity index (χ1) is 14.1. The van der Waals surface area contributed by atoms with Crippen molar-refractivity contribution in [1.82, 2.24) is 4.98 Å². The van der Waals surface area contributed by atoms with Crippen LogP contribution in [0.3, 0.4) is 0 Å². The van der Waals surface area contributed by atoms with Crippen LogP contribution in [-0.2, 0) is 6.42 Å². The summed E-state index contributed by atoms with van der Waals surface area (Å²) in [6.07, 6.45) is 2.81. The molecule has 0 radical (unpaired) electrons. The fraction of sp³-hybridized carbons (Fsp3) is 0.250. The molecule has 0 unspecified atom stereocenters. The predicted molar refractivity (Wildman–Crippen MR) is 116 cm³/mol. The van der Waals surface area contributed by atoms with Crippen LogP contribution in [0.4, 0.5) is 5.82 Å². The Morgan fingerprint density at radius 3 is 2.34 bits per heavy atom. The summed E-state index contributed by atoms with van der Waals surface area (Å²) in [5.41, 5.74) is 11.1. The summed E-state index contributed by atoms with van der Waals surface area (Å²) in [5.74, 6) is 1.47. The molecule has 1 aromatic heterocycles. The standard InChI is InChI=1S/C24H25N3O2/c1-4-5-11-18-22(17-12-13-20(28-2)21(14-17)29-3)19(15-25)24(26)27-23(18)16-9-7-6-8-10-16/h6-10,12-14H,4-5,11H2,1-3H3,(H2,26,27). The number of nitrogen functional groups attached to an aromatic ring is 1. The highest BCUT2D eigenvalue weighted by Crippen LogP contribution is 2.40. The first-order valence-electron chi connectivity index (χ1n) is 9.64. The smallest absolute Gasteiger partial charge is 0.161 e. The number of unbranched alkanes of at least 4 members (excludes halogenated alkanes) is 1. The highest BCUT2D eigenvalue weighted by atomic mass is 16.5. The van der Waals surface area contributed by atoms with Crippen LogP contribution in [0.5, 0.6) is 11.5 Å². The lowest BCUT2D eigenvalue weighted by Gasteiger charge is -2.19. The van der Waals surface area contributed by atoms with Crippen LogP contribution in [0.15, 0.2) is 48.5 Å². The Balaban J connectivity index is 2.34. The summed E-state index contributed by atoms with van der Waals surface area (Å²) in [7, 11) is 3.20. The van der Waals surface area contributed by atoms with Crippen molar-refractivity contribution in [2.75, 3.05) is 20.0 Å². The van der Waals surface area contributed by atoms with Crippen LogP contribution >= 0.6 is 0 Å². The number of pyridine rings is 1. The van der Waals surface area contributed by atoms with E-state index in [0.29, 0.717) is 17.1 Å². The van der Waals surface area contributed by atoms with Crippen LogP contribution in [0.2, 0.25) is 0 Å². The molecule has 0 atom stereocenters. The Morgan fingerprint density at radius 2 is 1.72 bits per heavy atom. The molecule has 0 amide bonds. The molecule has 3 rings (SSSR count). The van der Waals surface area contributed by atoms with Crippen molar-refractivity contribution in [2.45, 2.75) is 26.2 Å². The van der Waals surface area contributed by atoms with E-state index in [4.69, 9.17) is 15.2 Å². The van der Waals surface area contributed by atoms with Gasteiger partial charge in [-0.25, -0.2) is 4.98 Å². The van der Waals surface area contributed by atoms with Gasteiger partial charge in [-0.05, 0) is 36.1 Å². The van der Waals surface area contributed by atoms with Crippen LogP contribution < -0.4 is 15.2 Å². The van der Waals surface area contributed by atoms with Gasteiger partial charge in [0, 0.05) is 11.1 Å². The molecule has 0 saturated carbocycles. The van der Waals surface area contributed by atoms with Crippen LogP contribution in [0.1, 0.15) is 30.9 Å². The van der Waals surface area contributed by atoms with Crippen molar-refractivity contribution < 1.29 is 9.47 Å². The van der Waals surface area contributed by atoms with Gasteiger partial charge in [-0.1, -0.05) is 49.7 Å². The van der Waals surface area contributed by atoms with E-state index >= 15 is 0 Å². The molecule has 0 bridgehead atoms. The summed E-state index contributed by atoms with van der Waals surface area (Å²) in [6.45, 7) is 2.15. The Bertz CT molecular complexity index is 1040. The number of nitrogens with zero attached hydrogens (tertiary/aromatic N) is 2. The molecule has 2 N–H and O–H groups in total. The zero-order valence-corrected chi connectivity index (χ0v) is 17.0. The SMILES string of the molecule is CCCCc1c(-c2ccccc2)nc(N)c(C#N)c1-c1ccc(OC)c(OC)c1. The fourth-order valence-corrected chi connectivity index (χ4v) is 3.50. The molecule has 29 heavy (non-hydrogen) atoms. The lowest BCUT2D eigenvalue weighted by molar-refractivity contribution is 0.355. The van der Waals surface area contributed by atoms with Crippen molar-refractivity contribution >= 4 is 5.82 Å². The van der Waals surface area contributed by atoms with Gasteiger partial charge in [-0.2, -0.15) is 5.26 Å². The van der Waals surface area contributed by atoms with Gasteiger partial charge in [0.15, 0.2) is 11.5 Å². The number of benzene rings is 2. The minimum Gasteiger partial charge on any atom is -0.493 e. The first-order valence-corrected chi connectivity index (χ1v) is 9.64. The van der Waals surface area contributed by atoms with E-state index in [2.05, 4.69) is 18.0 Å². The maximum absolute atomic E-state index is 9.87. The lowest BCUT2D eigenvalue weighted by atomic mass is 9.89. The zero-order valence-electron chi connectivity index (χ0n) is 17.0. The van der Waals surface area contributed by atoms with Gasteiger partial charge in [-0.3, -0.25) is 0 Å². The molecular weight excluding hydrogens is 362 g/mol. The molecule has 0 saturated heterocycles. The van der Waals surface area contributed by atoms with E-state index in [1.54, 1.807) is 14.2 Å². The third-order valence-electron chi connectivity index (χ3n) is 4.94. The van der Waals surface area contributed by atoms with Crippen molar-refractivity contribution in [3.8, 4) is 40.0 Å². The highest BCUT2D eigenvalue weighted by molar-refractivity contribution is 5.85. The Morgan fingerprint density at radius 1 is 1.00 bits per heavy atom. The number of rotatable bonds is 7. The average Bonchev–Trinajstić information content (AvgIpc) is 2.77. The van der Waals surface area contributed by atoms with Crippen molar-refractivity contribution in [3.05, 3.63) is 59.7 Å². The number of hydrogen-bond acceptors (Lipinski definition) is 5. The van der Waals surface area contributed by atoms with Gasteiger partial charge in [0.05, 0.1) is 19.9 Å². The van der Waals surface area contributed by atoms with E-state index in [0.717, 1.165) is 47.2 Å². The number of aromatic nitrogens is 1. The number of anilines is 1. The second-order valence-electron chi connectivity index (χ2n) is 6.73. The Hall–Kier alpha value is -3.52. The molecule has 0 aliphatic heterocycles. The average molecular weight is 387 g/mol. The van der Waals surface area contributed by atoms with E-state index in [1.807, 2.05) is 48.5 Å². The largest absolute Gasteiger partial charge is 0.493 e. The molecule has 3 aromatic rings. The summed E-state index contributed by atoms with van der Waals surface area (Å²) in [5, 5.41) is 9.87. The third kappa shape index (κ3) is 4.02. The second kappa shape index (κ2) is 9.11. The molecule has 5 heteroatoms. The maximum atomic E-state index is 9.87. The van der Waals surface area contributed by atoms with Gasteiger partial charge in [-0.15, -0.1) is 0 Å². The van der Waals surface area contributed by atoms with Crippen molar-refractivity contribution in [2.24, 2.45) is 0 Å². The molecule has 148 valence electrons. The van der Waals surface area contributed by atoms with Crippen molar-refractivity contribution in [3.63, 3.8) is 0 Å². The fourth-order valence-electron chi connectivity index (χ4n) is 3.50. The number of ether oxygens (including phenoxy) is 2. The normalized spacial score (nSPS) is 10.4. The summed E-state index contributed by atoms with van der Waals surface area (Å²) in [6, 6.07) is 17.9. The van der Waals surface area contributed by atoms with Crippen molar-refractivity contribution in [1.29, 1.82) is 5.26 Å². The first kappa shape index (κ1) is 20.2. The number of methoxy groups -OCH3 is 2. The second-order valence-corrected chi connectivity index (χ2v) is 6.73. The molecule has 0 aliphatic carbocycles. The molecule has 2 aromatic carbocycles. The van der Waals surface area contributed by atoms with Gasteiger partial charge in [0.2, 0.25) is 0 Å². The molecule has 0 aliphatic rings. The highest BCUT2D eigenvalue weighted by Gasteiger charge is 2.21. The quantitative estimate of drug-likeness (QED) is 0.600. The third-order valence-corrected chi connectivity index (χ3v) is 4.94. The Labute approximate surface area is 171 Å². The van der Waals surface area contributed by atoms with E-state index in [1.165, 1.54) is 0 Å². The summed E-state index contributed by atoms with van der Waals surface area (Å²) < 4.78 is 10.9. The monoisotopic (exact) mass is 387 g/mol. The summed E-state index contributed by atoms with van der Waals surface area (Å²) >= 11 is 0.